The Morgan fingerprint density at radius 1 is 1.33 bits per heavy atom. The van der Waals surface area contributed by atoms with Crippen molar-refractivity contribution in [2.75, 3.05) is 6.54 Å². The zero-order valence-electron chi connectivity index (χ0n) is 11.9. The molecule has 1 unspecified atom stereocenters. The standard InChI is InChI=1S/C14H25NO3/c1-5-10(6-2)12(16)15-9-7-8-14(3,4)11(15)13(17)18/h10-11H,5-9H2,1-4H3,(H,17,18). The number of hydrogen-bond donors (Lipinski definition) is 1. The predicted molar refractivity (Wildman–Crippen MR) is 70.2 cm³/mol. The van der Waals surface area contributed by atoms with Gasteiger partial charge in [-0.1, -0.05) is 27.7 Å². The van der Waals surface area contributed by atoms with Gasteiger partial charge in [-0.3, -0.25) is 4.79 Å². The van der Waals surface area contributed by atoms with Crippen LogP contribution in [0.25, 0.3) is 0 Å². The van der Waals surface area contributed by atoms with Crippen LogP contribution in [0.5, 0.6) is 0 Å². The summed E-state index contributed by atoms with van der Waals surface area (Å²) in [4.78, 5) is 25.5. The number of hydrogen-bond acceptors (Lipinski definition) is 2. The molecule has 0 bridgehead atoms. The zero-order chi connectivity index (χ0) is 13.9. The molecule has 104 valence electrons. The Kier molecular flexibility index (Phi) is 4.77. The summed E-state index contributed by atoms with van der Waals surface area (Å²) in [6.45, 7) is 8.43. The summed E-state index contributed by atoms with van der Waals surface area (Å²) in [5.41, 5.74) is -0.341. The Balaban J connectivity index is 2.97. The summed E-state index contributed by atoms with van der Waals surface area (Å²) >= 11 is 0. The van der Waals surface area contributed by atoms with Crippen molar-refractivity contribution in [2.45, 2.75) is 59.4 Å². The topological polar surface area (TPSA) is 57.6 Å². The Bertz CT molecular complexity index is 321. The third-order valence-corrected chi connectivity index (χ3v) is 4.12. The highest BCUT2D eigenvalue weighted by atomic mass is 16.4. The van der Waals surface area contributed by atoms with Gasteiger partial charge in [0.25, 0.3) is 0 Å². The molecule has 1 saturated heterocycles. The van der Waals surface area contributed by atoms with Crippen LogP contribution in [0.1, 0.15) is 53.4 Å². The second-order valence-corrected chi connectivity index (χ2v) is 5.88. The summed E-state index contributed by atoms with van der Waals surface area (Å²) in [5, 5.41) is 9.43. The first-order valence-electron chi connectivity index (χ1n) is 6.88. The molecule has 1 atom stereocenters. The summed E-state index contributed by atoms with van der Waals surface area (Å²) in [5.74, 6) is -0.903. The van der Waals surface area contributed by atoms with E-state index in [1.807, 2.05) is 27.7 Å². The van der Waals surface area contributed by atoms with Crippen LogP contribution in [0.3, 0.4) is 0 Å². The van der Waals surface area contributed by atoms with Crippen molar-refractivity contribution in [3.05, 3.63) is 0 Å². The molecular weight excluding hydrogens is 230 g/mol. The van der Waals surface area contributed by atoms with E-state index in [-0.39, 0.29) is 17.2 Å². The number of carbonyl (C=O) groups excluding carboxylic acids is 1. The molecule has 0 radical (unpaired) electrons. The Morgan fingerprint density at radius 3 is 2.33 bits per heavy atom. The average molecular weight is 255 g/mol. The fraction of sp³-hybridized carbons (Fsp3) is 0.857. The van der Waals surface area contributed by atoms with Crippen molar-refractivity contribution in [3.8, 4) is 0 Å². The monoisotopic (exact) mass is 255 g/mol. The third-order valence-electron chi connectivity index (χ3n) is 4.12. The minimum atomic E-state index is -0.876. The number of rotatable bonds is 4. The third kappa shape index (κ3) is 2.85. The van der Waals surface area contributed by atoms with E-state index >= 15 is 0 Å². The molecule has 0 aromatic rings. The maximum absolute atomic E-state index is 12.4. The van der Waals surface area contributed by atoms with E-state index in [1.165, 1.54) is 0 Å². The Morgan fingerprint density at radius 2 is 1.89 bits per heavy atom. The van der Waals surface area contributed by atoms with E-state index in [0.29, 0.717) is 6.54 Å². The van der Waals surface area contributed by atoms with Gasteiger partial charge < -0.3 is 10.0 Å². The molecule has 1 aliphatic rings. The van der Waals surface area contributed by atoms with Gasteiger partial charge in [0.2, 0.25) is 5.91 Å². The van der Waals surface area contributed by atoms with E-state index < -0.39 is 12.0 Å². The quantitative estimate of drug-likeness (QED) is 0.839. The van der Waals surface area contributed by atoms with Gasteiger partial charge in [0.15, 0.2) is 0 Å². The van der Waals surface area contributed by atoms with Crippen molar-refractivity contribution < 1.29 is 14.7 Å². The molecule has 18 heavy (non-hydrogen) atoms. The van der Waals surface area contributed by atoms with Crippen LogP contribution in [0.15, 0.2) is 0 Å². The molecular formula is C14H25NO3. The van der Waals surface area contributed by atoms with Crippen molar-refractivity contribution in [2.24, 2.45) is 11.3 Å². The van der Waals surface area contributed by atoms with Crippen LogP contribution in [0.4, 0.5) is 0 Å². The van der Waals surface area contributed by atoms with Crippen LogP contribution in [-0.2, 0) is 9.59 Å². The molecule has 4 heteroatoms. The summed E-state index contributed by atoms with van der Waals surface area (Å²) < 4.78 is 0. The van der Waals surface area contributed by atoms with E-state index in [9.17, 15) is 14.7 Å². The second kappa shape index (κ2) is 5.72. The number of nitrogens with zero attached hydrogens (tertiary/aromatic N) is 1. The highest BCUT2D eigenvalue weighted by Gasteiger charge is 2.45. The molecule has 0 aromatic heterocycles. The number of carbonyl (C=O) groups is 2. The maximum atomic E-state index is 12.4. The Labute approximate surface area is 109 Å². The van der Waals surface area contributed by atoms with Crippen molar-refractivity contribution in [1.29, 1.82) is 0 Å². The van der Waals surface area contributed by atoms with E-state index in [1.54, 1.807) is 4.90 Å². The number of carboxylic acids is 1. The number of likely N-dealkylation sites (tertiary alicyclic amines) is 1. The van der Waals surface area contributed by atoms with Gasteiger partial charge >= 0.3 is 5.97 Å². The number of carboxylic acid groups (broad SMARTS) is 1. The van der Waals surface area contributed by atoms with Gasteiger partial charge in [-0.05, 0) is 31.1 Å². The molecule has 1 fully saturated rings. The lowest BCUT2D eigenvalue weighted by molar-refractivity contribution is -0.160. The fourth-order valence-corrected chi connectivity index (χ4v) is 2.97. The van der Waals surface area contributed by atoms with Crippen molar-refractivity contribution >= 4 is 11.9 Å². The number of aliphatic carboxylic acids is 1. The number of piperidine rings is 1. The molecule has 1 aliphatic heterocycles. The summed E-state index contributed by atoms with van der Waals surface area (Å²) in [6.07, 6.45) is 3.30. The normalized spacial score (nSPS) is 23.2. The van der Waals surface area contributed by atoms with Crippen LogP contribution in [-0.4, -0.2) is 34.5 Å². The Hall–Kier alpha value is -1.06. The van der Waals surface area contributed by atoms with Crippen LogP contribution < -0.4 is 0 Å². The molecule has 1 N–H and O–H groups in total. The SMILES string of the molecule is CCC(CC)C(=O)N1CCCC(C)(C)C1C(=O)O. The first-order chi connectivity index (χ1) is 8.35. The van der Waals surface area contributed by atoms with Gasteiger partial charge in [-0.15, -0.1) is 0 Å². The van der Waals surface area contributed by atoms with E-state index in [2.05, 4.69) is 0 Å². The molecule has 1 heterocycles. The van der Waals surface area contributed by atoms with Crippen LogP contribution in [0.2, 0.25) is 0 Å². The smallest absolute Gasteiger partial charge is 0.326 e. The second-order valence-electron chi connectivity index (χ2n) is 5.88. The molecule has 0 aliphatic carbocycles. The molecule has 4 nitrogen and oxygen atoms in total. The lowest BCUT2D eigenvalue weighted by Crippen LogP contribution is -2.57. The zero-order valence-corrected chi connectivity index (χ0v) is 11.9. The van der Waals surface area contributed by atoms with Gasteiger partial charge in [-0.25, -0.2) is 4.79 Å². The minimum Gasteiger partial charge on any atom is -0.480 e. The minimum absolute atomic E-state index is 0.0141. The van der Waals surface area contributed by atoms with Gasteiger partial charge in [-0.2, -0.15) is 0 Å². The van der Waals surface area contributed by atoms with Gasteiger partial charge in [0.05, 0.1) is 0 Å². The summed E-state index contributed by atoms with van der Waals surface area (Å²) in [6, 6.07) is -0.681. The predicted octanol–water partition coefficient (Wildman–Crippen LogP) is 2.52. The molecule has 0 aromatic carbocycles. The molecule has 0 saturated carbocycles. The maximum Gasteiger partial charge on any atom is 0.326 e. The molecule has 1 rings (SSSR count). The van der Waals surface area contributed by atoms with Crippen molar-refractivity contribution in [1.82, 2.24) is 4.90 Å². The van der Waals surface area contributed by atoms with Crippen LogP contribution >= 0.6 is 0 Å². The van der Waals surface area contributed by atoms with Crippen LogP contribution in [0, 0.1) is 11.3 Å². The van der Waals surface area contributed by atoms with E-state index in [0.717, 1.165) is 25.7 Å². The fourth-order valence-electron chi connectivity index (χ4n) is 2.97. The van der Waals surface area contributed by atoms with Gasteiger partial charge in [0.1, 0.15) is 6.04 Å². The lowest BCUT2D eigenvalue weighted by atomic mass is 9.76. The van der Waals surface area contributed by atoms with Gasteiger partial charge in [0, 0.05) is 12.5 Å². The average Bonchev–Trinajstić information content (AvgIpc) is 2.28. The van der Waals surface area contributed by atoms with Crippen molar-refractivity contribution in [3.63, 3.8) is 0 Å². The largest absolute Gasteiger partial charge is 0.480 e. The molecule has 1 amide bonds. The molecule has 0 spiro atoms. The highest BCUT2D eigenvalue weighted by molar-refractivity contribution is 5.85. The summed E-state index contributed by atoms with van der Waals surface area (Å²) in [7, 11) is 0. The highest BCUT2D eigenvalue weighted by Crippen LogP contribution is 2.36. The lowest BCUT2D eigenvalue weighted by Gasteiger charge is -2.45. The first kappa shape index (κ1) is 15.0. The van der Waals surface area contributed by atoms with E-state index in [4.69, 9.17) is 0 Å². The first-order valence-corrected chi connectivity index (χ1v) is 6.88. The number of amides is 1.